The molecule has 0 aliphatic carbocycles. The second kappa shape index (κ2) is 6.85. The fourth-order valence-electron chi connectivity index (χ4n) is 1.12. The first kappa shape index (κ1) is 15.4. The molecule has 0 aliphatic rings. The van der Waals surface area contributed by atoms with E-state index in [9.17, 15) is 14.4 Å². The fraction of sp³-hybridized carbons (Fsp3) is 0.700. The van der Waals surface area contributed by atoms with E-state index in [4.69, 9.17) is 16.6 Å². The van der Waals surface area contributed by atoms with Gasteiger partial charge in [-0.25, -0.2) is 0 Å². The molecule has 7 heteroatoms. The lowest BCUT2D eigenvalue weighted by atomic mass is 10.0. The Kier molecular flexibility index (Phi) is 6.19. The Morgan fingerprint density at radius 1 is 1.29 bits per heavy atom. The molecule has 2 atom stereocenters. The highest BCUT2D eigenvalue weighted by atomic mass is 16.4. The van der Waals surface area contributed by atoms with Crippen molar-refractivity contribution in [2.24, 2.45) is 17.4 Å². The van der Waals surface area contributed by atoms with Gasteiger partial charge in [0.05, 0.1) is 6.04 Å². The minimum atomic E-state index is -1.06. The summed E-state index contributed by atoms with van der Waals surface area (Å²) < 4.78 is 0. The van der Waals surface area contributed by atoms with Gasteiger partial charge >= 0.3 is 5.97 Å². The maximum Gasteiger partial charge on any atom is 0.303 e. The van der Waals surface area contributed by atoms with E-state index in [1.54, 1.807) is 13.8 Å². The van der Waals surface area contributed by atoms with Crippen molar-refractivity contribution in [2.45, 2.75) is 38.8 Å². The molecule has 0 rings (SSSR count). The van der Waals surface area contributed by atoms with Crippen molar-refractivity contribution in [3.63, 3.8) is 0 Å². The summed E-state index contributed by atoms with van der Waals surface area (Å²) >= 11 is 0. The molecule has 17 heavy (non-hydrogen) atoms. The molecular formula is C10H19N3O4. The normalized spacial score (nSPS) is 14.1. The predicted octanol–water partition coefficient (Wildman–Crippen LogP) is -1.20. The number of hydrogen-bond donors (Lipinski definition) is 4. The maximum absolute atomic E-state index is 11.6. The van der Waals surface area contributed by atoms with Crippen LogP contribution in [0.2, 0.25) is 0 Å². The first-order valence-corrected chi connectivity index (χ1v) is 5.32. The van der Waals surface area contributed by atoms with E-state index in [1.165, 1.54) is 0 Å². The van der Waals surface area contributed by atoms with Crippen LogP contribution >= 0.6 is 0 Å². The summed E-state index contributed by atoms with van der Waals surface area (Å²) in [5.74, 6) is -2.41. The summed E-state index contributed by atoms with van der Waals surface area (Å²) in [7, 11) is 0. The summed E-state index contributed by atoms with van der Waals surface area (Å²) in [5.41, 5.74) is 10.6. The van der Waals surface area contributed by atoms with Gasteiger partial charge in [0, 0.05) is 6.42 Å². The molecule has 0 aromatic carbocycles. The third-order valence-electron chi connectivity index (χ3n) is 2.33. The molecular weight excluding hydrogens is 226 g/mol. The number of carbonyl (C=O) groups excluding carboxylic acids is 2. The third kappa shape index (κ3) is 5.86. The van der Waals surface area contributed by atoms with Crippen molar-refractivity contribution in [3.05, 3.63) is 0 Å². The lowest BCUT2D eigenvalue weighted by Gasteiger charge is -2.19. The van der Waals surface area contributed by atoms with Crippen molar-refractivity contribution < 1.29 is 19.5 Å². The minimum Gasteiger partial charge on any atom is -0.481 e. The number of nitrogens with two attached hydrogens (primary N) is 2. The van der Waals surface area contributed by atoms with Gasteiger partial charge in [-0.15, -0.1) is 0 Å². The van der Waals surface area contributed by atoms with Gasteiger partial charge in [-0.3, -0.25) is 14.4 Å². The molecule has 1 unspecified atom stereocenters. The average molecular weight is 245 g/mol. The zero-order chi connectivity index (χ0) is 13.6. The SMILES string of the molecule is CC(C)[C@H](N)C(=O)NC(CCC(=O)O)C(N)=O. The van der Waals surface area contributed by atoms with E-state index in [0.717, 1.165) is 0 Å². The molecule has 0 spiro atoms. The Hall–Kier alpha value is -1.63. The lowest BCUT2D eigenvalue weighted by molar-refractivity contribution is -0.137. The third-order valence-corrected chi connectivity index (χ3v) is 2.33. The number of carbonyl (C=O) groups is 3. The van der Waals surface area contributed by atoms with Crippen molar-refractivity contribution in [2.75, 3.05) is 0 Å². The van der Waals surface area contributed by atoms with Crippen LogP contribution in [0.1, 0.15) is 26.7 Å². The summed E-state index contributed by atoms with van der Waals surface area (Å²) in [5, 5.41) is 10.8. The van der Waals surface area contributed by atoms with Crippen LogP contribution in [-0.2, 0) is 14.4 Å². The maximum atomic E-state index is 11.6. The highest BCUT2D eigenvalue weighted by molar-refractivity contribution is 5.89. The summed E-state index contributed by atoms with van der Waals surface area (Å²) in [6.45, 7) is 3.53. The second-order valence-electron chi connectivity index (χ2n) is 4.17. The Morgan fingerprint density at radius 2 is 1.82 bits per heavy atom. The first-order chi connectivity index (χ1) is 7.75. The molecule has 0 aromatic heterocycles. The number of carboxylic acid groups (broad SMARTS) is 1. The van der Waals surface area contributed by atoms with Gasteiger partial charge in [0.1, 0.15) is 6.04 Å². The number of nitrogens with one attached hydrogen (secondary N) is 1. The Balaban J connectivity index is 4.39. The Bertz CT molecular complexity index is 304. The van der Waals surface area contributed by atoms with E-state index >= 15 is 0 Å². The second-order valence-corrected chi connectivity index (χ2v) is 4.17. The van der Waals surface area contributed by atoms with E-state index in [0.29, 0.717) is 0 Å². The summed E-state index contributed by atoms with van der Waals surface area (Å²) in [6.07, 6.45) is -0.286. The zero-order valence-corrected chi connectivity index (χ0v) is 9.97. The topological polar surface area (TPSA) is 136 Å². The van der Waals surface area contributed by atoms with Gasteiger partial charge in [0.15, 0.2) is 0 Å². The van der Waals surface area contributed by atoms with Gasteiger partial charge < -0.3 is 21.9 Å². The average Bonchev–Trinajstić information content (AvgIpc) is 2.21. The van der Waals surface area contributed by atoms with E-state index in [-0.39, 0.29) is 18.8 Å². The quantitative estimate of drug-likeness (QED) is 0.447. The van der Waals surface area contributed by atoms with E-state index in [1.807, 2.05) is 0 Å². The van der Waals surface area contributed by atoms with Crippen LogP contribution in [0.15, 0.2) is 0 Å². The summed E-state index contributed by atoms with van der Waals surface area (Å²) in [6, 6.07) is -1.75. The van der Waals surface area contributed by atoms with Gasteiger partial charge in [-0.1, -0.05) is 13.8 Å². The van der Waals surface area contributed by atoms with Crippen molar-refractivity contribution >= 4 is 17.8 Å². The number of aliphatic carboxylic acids is 1. The highest BCUT2D eigenvalue weighted by Crippen LogP contribution is 2.01. The first-order valence-electron chi connectivity index (χ1n) is 5.32. The minimum absolute atomic E-state index is 0.0405. The smallest absolute Gasteiger partial charge is 0.303 e. The molecule has 0 heterocycles. The van der Waals surface area contributed by atoms with Crippen LogP contribution in [-0.4, -0.2) is 35.0 Å². The van der Waals surface area contributed by atoms with E-state index in [2.05, 4.69) is 5.32 Å². The van der Waals surface area contributed by atoms with Crippen LogP contribution in [0.5, 0.6) is 0 Å². The zero-order valence-electron chi connectivity index (χ0n) is 9.97. The highest BCUT2D eigenvalue weighted by Gasteiger charge is 2.23. The van der Waals surface area contributed by atoms with E-state index < -0.39 is 29.9 Å². The Morgan fingerprint density at radius 3 is 2.18 bits per heavy atom. The van der Waals surface area contributed by atoms with Gasteiger partial charge in [0.2, 0.25) is 11.8 Å². The molecule has 0 radical (unpaired) electrons. The Labute approximate surface area is 99.5 Å². The van der Waals surface area contributed by atoms with Gasteiger partial charge in [-0.2, -0.15) is 0 Å². The van der Waals surface area contributed by atoms with Crippen molar-refractivity contribution in [1.29, 1.82) is 0 Å². The number of primary amides is 1. The molecule has 98 valence electrons. The van der Waals surface area contributed by atoms with Crippen LogP contribution < -0.4 is 16.8 Å². The van der Waals surface area contributed by atoms with Crippen LogP contribution in [0, 0.1) is 5.92 Å². The van der Waals surface area contributed by atoms with Crippen LogP contribution in [0.3, 0.4) is 0 Å². The fourth-order valence-corrected chi connectivity index (χ4v) is 1.12. The lowest BCUT2D eigenvalue weighted by Crippen LogP contribution is -2.52. The number of hydrogen-bond acceptors (Lipinski definition) is 4. The van der Waals surface area contributed by atoms with Gasteiger partial charge in [0.25, 0.3) is 0 Å². The molecule has 0 aliphatic heterocycles. The number of rotatable bonds is 7. The van der Waals surface area contributed by atoms with Gasteiger partial charge in [-0.05, 0) is 12.3 Å². The predicted molar refractivity (Wildman–Crippen MR) is 60.8 cm³/mol. The largest absolute Gasteiger partial charge is 0.481 e. The molecule has 2 amide bonds. The monoisotopic (exact) mass is 245 g/mol. The van der Waals surface area contributed by atoms with Crippen LogP contribution in [0.25, 0.3) is 0 Å². The molecule has 0 saturated carbocycles. The molecule has 0 fully saturated rings. The van der Waals surface area contributed by atoms with Crippen LogP contribution in [0.4, 0.5) is 0 Å². The number of carboxylic acids is 1. The van der Waals surface area contributed by atoms with Crippen molar-refractivity contribution in [3.8, 4) is 0 Å². The molecule has 6 N–H and O–H groups in total. The molecule has 0 aromatic rings. The molecule has 0 saturated heterocycles. The number of amides is 2. The molecule has 0 bridgehead atoms. The summed E-state index contributed by atoms with van der Waals surface area (Å²) in [4.78, 5) is 32.9. The molecule has 7 nitrogen and oxygen atoms in total. The van der Waals surface area contributed by atoms with Crippen molar-refractivity contribution in [1.82, 2.24) is 5.32 Å². The standard InChI is InChI=1S/C10H19N3O4/c1-5(2)8(11)10(17)13-6(9(12)16)3-4-7(14)15/h5-6,8H,3-4,11H2,1-2H3,(H2,12,16)(H,13,17)(H,14,15)/t6?,8-/m0/s1.